The van der Waals surface area contributed by atoms with E-state index in [9.17, 15) is 5.11 Å². The number of hydrogen-bond donors (Lipinski definition) is 2. The lowest BCUT2D eigenvalue weighted by Crippen LogP contribution is -2.19. The van der Waals surface area contributed by atoms with E-state index in [1.165, 1.54) is 0 Å². The number of rotatable bonds is 4. The summed E-state index contributed by atoms with van der Waals surface area (Å²) in [5, 5.41) is 12.2. The maximum absolute atomic E-state index is 10.2. The largest absolute Gasteiger partial charge is 0.387 e. The van der Waals surface area contributed by atoms with Gasteiger partial charge in [-0.25, -0.2) is 0 Å². The van der Waals surface area contributed by atoms with Gasteiger partial charge in [-0.15, -0.1) is 11.3 Å². The molecule has 2 aromatic rings. The molecular formula is C12H14N2OS. The second-order valence-electron chi connectivity index (χ2n) is 3.58. The number of hydrogen-bond acceptors (Lipinski definition) is 4. The molecule has 0 fully saturated rings. The SMILES string of the molecule is NCC(c1ccncc1)C(O)c1cccs1. The molecular weight excluding hydrogens is 220 g/mol. The standard InChI is InChI=1S/C12H14N2OS/c13-8-10(9-3-5-14-6-4-9)12(15)11-2-1-7-16-11/h1-7,10,12,15H,8,13H2. The first-order valence-electron chi connectivity index (χ1n) is 5.14. The van der Waals surface area contributed by atoms with Crippen LogP contribution in [0.5, 0.6) is 0 Å². The molecule has 0 aliphatic rings. The van der Waals surface area contributed by atoms with Gasteiger partial charge >= 0.3 is 0 Å². The van der Waals surface area contributed by atoms with E-state index in [1.807, 2.05) is 29.6 Å². The lowest BCUT2D eigenvalue weighted by molar-refractivity contribution is 0.151. The van der Waals surface area contributed by atoms with Crippen molar-refractivity contribution in [1.29, 1.82) is 0 Å². The van der Waals surface area contributed by atoms with Gasteiger partial charge in [-0.2, -0.15) is 0 Å². The Morgan fingerprint density at radius 3 is 2.62 bits per heavy atom. The molecule has 3 N–H and O–H groups in total. The molecule has 0 aliphatic carbocycles. The van der Waals surface area contributed by atoms with E-state index in [0.717, 1.165) is 10.4 Å². The van der Waals surface area contributed by atoms with Crippen LogP contribution in [-0.2, 0) is 0 Å². The molecule has 0 saturated heterocycles. The molecule has 3 nitrogen and oxygen atoms in total. The van der Waals surface area contributed by atoms with Crippen molar-refractivity contribution in [2.75, 3.05) is 6.54 Å². The molecule has 2 heterocycles. The van der Waals surface area contributed by atoms with Gasteiger partial charge in [-0.1, -0.05) is 6.07 Å². The van der Waals surface area contributed by atoms with Crippen LogP contribution in [0.1, 0.15) is 22.5 Å². The van der Waals surface area contributed by atoms with Gasteiger partial charge in [-0.05, 0) is 29.1 Å². The zero-order valence-electron chi connectivity index (χ0n) is 8.78. The van der Waals surface area contributed by atoms with Crippen molar-refractivity contribution < 1.29 is 5.11 Å². The molecule has 2 rings (SSSR count). The molecule has 0 aliphatic heterocycles. The van der Waals surface area contributed by atoms with Gasteiger partial charge in [0.05, 0.1) is 6.10 Å². The lowest BCUT2D eigenvalue weighted by Gasteiger charge is -2.20. The number of aliphatic hydroxyl groups excluding tert-OH is 1. The highest BCUT2D eigenvalue weighted by atomic mass is 32.1. The highest BCUT2D eigenvalue weighted by Crippen LogP contribution is 2.32. The number of nitrogens with zero attached hydrogens (tertiary/aromatic N) is 1. The minimum absolute atomic E-state index is 0.0679. The number of aromatic nitrogens is 1. The summed E-state index contributed by atoms with van der Waals surface area (Å²) in [6, 6.07) is 7.66. The van der Waals surface area contributed by atoms with Crippen LogP contribution in [0, 0.1) is 0 Å². The van der Waals surface area contributed by atoms with Gasteiger partial charge < -0.3 is 10.8 Å². The third-order valence-corrected chi connectivity index (χ3v) is 3.55. The summed E-state index contributed by atoms with van der Waals surface area (Å²) in [7, 11) is 0. The normalized spacial score (nSPS) is 14.6. The Hall–Kier alpha value is -1.23. The van der Waals surface area contributed by atoms with E-state index in [1.54, 1.807) is 23.7 Å². The Morgan fingerprint density at radius 1 is 1.31 bits per heavy atom. The monoisotopic (exact) mass is 234 g/mol. The summed E-state index contributed by atoms with van der Waals surface area (Å²) in [5.41, 5.74) is 6.76. The molecule has 84 valence electrons. The lowest BCUT2D eigenvalue weighted by atomic mass is 9.93. The van der Waals surface area contributed by atoms with Gasteiger partial charge in [0.25, 0.3) is 0 Å². The maximum atomic E-state index is 10.2. The molecule has 4 heteroatoms. The first-order chi connectivity index (χ1) is 7.83. The van der Waals surface area contributed by atoms with Gasteiger partial charge in [0.1, 0.15) is 0 Å². The average Bonchev–Trinajstić information content (AvgIpc) is 2.85. The van der Waals surface area contributed by atoms with Crippen molar-refractivity contribution in [3.05, 3.63) is 52.5 Å². The Morgan fingerprint density at radius 2 is 2.06 bits per heavy atom. The van der Waals surface area contributed by atoms with Gasteiger partial charge in [0.2, 0.25) is 0 Å². The van der Waals surface area contributed by atoms with Crippen molar-refractivity contribution in [1.82, 2.24) is 4.98 Å². The minimum atomic E-state index is -0.535. The predicted molar refractivity (Wildman–Crippen MR) is 65.3 cm³/mol. The average molecular weight is 234 g/mol. The van der Waals surface area contributed by atoms with Gasteiger partial charge in [0, 0.05) is 29.7 Å². The molecule has 2 atom stereocenters. The molecule has 0 amide bonds. The quantitative estimate of drug-likeness (QED) is 0.849. The Labute approximate surface area is 98.6 Å². The predicted octanol–water partition coefficient (Wildman–Crippen LogP) is 1.92. The van der Waals surface area contributed by atoms with Crippen LogP contribution in [-0.4, -0.2) is 16.6 Å². The van der Waals surface area contributed by atoms with Gasteiger partial charge in [-0.3, -0.25) is 4.98 Å². The summed E-state index contributed by atoms with van der Waals surface area (Å²) in [6.07, 6.45) is 2.91. The summed E-state index contributed by atoms with van der Waals surface area (Å²) >= 11 is 1.55. The number of aliphatic hydroxyl groups is 1. The Bertz CT molecular complexity index is 416. The van der Waals surface area contributed by atoms with Crippen molar-refractivity contribution in [3.63, 3.8) is 0 Å². The molecule has 0 spiro atoms. The summed E-state index contributed by atoms with van der Waals surface area (Å²) in [5.74, 6) is -0.0679. The maximum Gasteiger partial charge on any atom is 0.0962 e. The Kier molecular flexibility index (Phi) is 3.66. The third kappa shape index (κ3) is 2.29. The van der Waals surface area contributed by atoms with Crippen LogP contribution in [0.4, 0.5) is 0 Å². The van der Waals surface area contributed by atoms with Crippen LogP contribution in [0.25, 0.3) is 0 Å². The first-order valence-corrected chi connectivity index (χ1v) is 6.02. The second kappa shape index (κ2) is 5.21. The van der Waals surface area contributed by atoms with E-state index < -0.39 is 6.10 Å². The van der Waals surface area contributed by atoms with Crippen molar-refractivity contribution in [2.45, 2.75) is 12.0 Å². The Balaban J connectivity index is 2.23. The molecule has 0 saturated carbocycles. The van der Waals surface area contributed by atoms with Crippen molar-refractivity contribution in [3.8, 4) is 0 Å². The summed E-state index contributed by atoms with van der Waals surface area (Å²) in [6.45, 7) is 0.420. The van der Waals surface area contributed by atoms with E-state index in [-0.39, 0.29) is 5.92 Å². The summed E-state index contributed by atoms with van der Waals surface area (Å²) < 4.78 is 0. The van der Waals surface area contributed by atoms with Crippen LogP contribution >= 0.6 is 11.3 Å². The van der Waals surface area contributed by atoms with Crippen LogP contribution < -0.4 is 5.73 Å². The molecule has 0 radical (unpaired) electrons. The van der Waals surface area contributed by atoms with Crippen LogP contribution in [0.15, 0.2) is 42.0 Å². The fourth-order valence-electron chi connectivity index (χ4n) is 1.72. The first kappa shape index (κ1) is 11.3. The molecule has 0 bridgehead atoms. The zero-order chi connectivity index (χ0) is 11.4. The third-order valence-electron chi connectivity index (χ3n) is 2.60. The topological polar surface area (TPSA) is 59.1 Å². The van der Waals surface area contributed by atoms with Crippen LogP contribution in [0.2, 0.25) is 0 Å². The smallest absolute Gasteiger partial charge is 0.0962 e. The fourth-order valence-corrected chi connectivity index (χ4v) is 2.49. The van der Waals surface area contributed by atoms with E-state index >= 15 is 0 Å². The molecule has 2 unspecified atom stereocenters. The van der Waals surface area contributed by atoms with Gasteiger partial charge in [0.15, 0.2) is 0 Å². The van der Waals surface area contributed by atoms with Crippen molar-refractivity contribution in [2.24, 2.45) is 5.73 Å². The molecule has 0 aromatic carbocycles. The highest BCUT2D eigenvalue weighted by molar-refractivity contribution is 7.10. The van der Waals surface area contributed by atoms with E-state index in [0.29, 0.717) is 6.54 Å². The van der Waals surface area contributed by atoms with Crippen LogP contribution in [0.3, 0.4) is 0 Å². The highest BCUT2D eigenvalue weighted by Gasteiger charge is 2.21. The number of nitrogens with two attached hydrogens (primary N) is 1. The van der Waals surface area contributed by atoms with E-state index in [4.69, 9.17) is 5.73 Å². The summed E-state index contributed by atoms with van der Waals surface area (Å²) in [4.78, 5) is 4.92. The molecule has 16 heavy (non-hydrogen) atoms. The minimum Gasteiger partial charge on any atom is -0.387 e. The number of thiophene rings is 1. The van der Waals surface area contributed by atoms with Crippen molar-refractivity contribution >= 4 is 11.3 Å². The fraction of sp³-hybridized carbons (Fsp3) is 0.250. The van der Waals surface area contributed by atoms with E-state index in [2.05, 4.69) is 4.98 Å². The molecule has 2 aromatic heterocycles. The second-order valence-corrected chi connectivity index (χ2v) is 4.56. The zero-order valence-corrected chi connectivity index (χ0v) is 9.60. The number of pyridine rings is 1.